The lowest BCUT2D eigenvalue weighted by Crippen LogP contribution is -2.39. The molecule has 1 aromatic rings. The van der Waals surface area contributed by atoms with Crippen LogP contribution in [-0.2, 0) is 12.0 Å². The van der Waals surface area contributed by atoms with Crippen molar-refractivity contribution in [2.24, 2.45) is 0 Å². The van der Waals surface area contributed by atoms with Crippen LogP contribution in [0.25, 0.3) is 0 Å². The summed E-state index contributed by atoms with van der Waals surface area (Å²) in [6.07, 6.45) is 4.02. The third-order valence-electron chi connectivity index (χ3n) is 5.28. The molecule has 1 saturated carbocycles. The molecule has 1 aliphatic heterocycles. The van der Waals surface area contributed by atoms with Crippen LogP contribution in [0.15, 0.2) is 22.7 Å². The molecule has 1 heterocycles. The molecule has 2 nitrogen and oxygen atoms in total. The van der Waals surface area contributed by atoms with Crippen LogP contribution in [0.4, 0.5) is 0 Å². The van der Waals surface area contributed by atoms with E-state index in [0.717, 1.165) is 6.54 Å². The molecule has 0 atom stereocenters. The molecule has 116 valence electrons. The summed E-state index contributed by atoms with van der Waals surface area (Å²) in [4.78, 5) is 5.12. The van der Waals surface area contributed by atoms with Crippen molar-refractivity contribution in [1.29, 1.82) is 0 Å². The molecular formula is C18H27BrN2. The number of hydrogen-bond acceptors (Lipinski definition) is 2. The standard InChI is InChI=1S/C18H27BrN2/c1-14(2)20(3)9-4-10-21-12-15-5-6-16(19)11-17(15)18(13-21)7-8-18/h5-6,11,14H,4,7-10,12-13H2,1-3H3. The summed E-state index contributed by atoms with van der Waals surface area (Å²) in [5.74, 6) is 0. The van der Waals surface area contributed by atoms with Gasteiger partial charge in [-0.25, -0.2) is 0 Å². The lowest BCUT2D eigenvalue weighted by Gasteiger charge is -2.35. The van der Waals surface area contributed by atoms with Crippen LogP contribution in [0.5, 0.6) is 0 Å². The average Bonchev–Trinajstić information content (AvgIpc) is 3.20. The maximum absolute atomic E-state index is 3.64. The Morgan fingerprint density at radius 3 is 2.76 bits per heavy atom. The number of hydrogen-bond donors (Lipinski definition) is 0. The van der Waals surface area contributed by atoms with Gasteiger partial charge in [0.2, 0.25) is 0 Å². The highest BCUT2D eigenvalue weighted by atomic mass is 79.9. The third-order valence-corrected chi connectivity index (χ3v) is 5.78. The lowest BCUT2D eigenvalue weighted by molar-refractivity contribution is 0.196. The minimum atomic E-state index is 0.487. The molecule has 3 heteroatoms. The fourth-order valence-corrected chi connectivity index (χ4v) is 3.89. The summed E-state index contributed by atoms with van der Waals surface area (Å²) >= 11 is 3.64. The molecule has 0 radical (unpaired) electrons. The fraction of sp³-hybridized carbons (Fsp3) is 0.667. The first-order chi connectivity index (χ1) is 10.00. The zero-order chi connectivity index (χ0) is 15.0. The van der Waals surface area contributed by atoms with E-state index in [2.05, 4.69) is 64.8 Å². The van der Waals surface area contributed by atoms with Crippen LogP contribution in [0.3, 0.4) is 0 Å². The van der Waals surface area contributed by atoms with Crippen LogP contribution in [0.2, 0.25) is 0 Å². The molecule has 0 amide bonds. The molecule has 3 rings (SSSR count). The van der Waals surface area contributed by atoms with Gasteiger partial charge in [-0.15, -0.1) is 0 Å². The number of rotatable bonds is 5. The van der Waals surface area contributed by atoms with Crippen molar-refractivity contribution in [2.45, 2.75) is 51.1 Å². The summed E-state index contributed by atoms with van der Waals surface area (Å²) in [6.45, 7) is 9.38. The molecule has 0 saturated heterocycles. The Morgan fingerprint density at radius 2 is 2.10 bits per heavy atom. The van der Waals surface area contributed by atoms with E-state index in [-0.39, 0.29) is 0 Å². The molecule has 1 fully saturated rings. The third kappa shape index (κ3) is 3.35. The van der Waals surface area contributed by atoms with Crippen LogP contribution in [-0.4, -0.2) is 42.5 Å². The lowest BCUT2D eigenvalue weighted by atomic mass is 9.87. The molecule has 0 bridgehead atoms. The van der Waals surface area contributed by atoms with Crippen molar-refractivity contribution >= 4 is 15.9 Å². The highest BCUT2D eigenvalue weighted by Crippen LogP contribution is 2.52. The quantitative estimate of drug-likeness (QED) is 0.790. The summed E-state index contributed by atoms with van der Waals surface area (Å²) in [5.41, 5.74) is 3.66. The highest BCUT2D eigenvalue weighted by Gasteiger charge is 2.48. The van der Waals surface area contributed by atoms with Gasteiger partial charge in [0.25, 0.3) is 0 Å². The van der Waals surface area contributed by atoms with Crippen molar-refractivity contribution in [2.75, 3.05) is 26.7 Å². The SMILES string of the molecule is CC(C)N(C)CCCN1Cc2ccc(Br)cc2C2(CC2)C1. The highest BCUT2D eigenvalue weighted by molar-refractivity contribution is 9.10. The van der Waals surface area contributed by atoms with Gasteiger partial charge >= 0.3 is 0 Å². The maximum atomic E-state index is 3.64. The fourth-order valence-electron chi connectivity index (χ4n) is 3.53. The van der Waals surface area contributed by atoms with Gasteiger partial charge in [-0.2, -0.15) is 0 Å². The van der Waals surface area contributed by atoms with Gasteiger partial charge in [-0.1, -0.05) is 22.0 Å². The first kappa shape index (κ1) is 15.5. The van der Waals surface area contributed by atoms with Gasteiger partial charge < -0.3 is 4.90 Å². The zero-order valence-corrected chi connectivity index (χ0v) is 15.1. The van der Waals surface area contributed by atoms with E-state index < -0.39 is 0 Å². The van der Waals surface area contributed by atoms with Crippen molar-refractivity contribution in [3.05, 3.63) is 33.8 Å². The van der Waals surface area contributed by atoms with Crippen LogP contribution in [0, 0.1) is 0 Å². The van der Waals surface area contributed by atoms with E-state index in [9.17, 15) is 0 Å². The normalized spacial score (nSPS) is 20.3. The molecule has 0 unspecified atom stereocenters. The van der Waals surface area contributed by atoms with E-state index in [4.69, 9.17) is 0 Å². The molecule has 1 aliphatic carbocycles. The van der Waals surface area contributed by atoms with E-state index in [1.807, 2.05) is 0 Å². The zero-order valence-electron chi connectivity index (χ0n) is 13.5. The molecule has 1 aromatic carbocycles. The predicted molar refractivity (Wildman–Crippen MR) is 92.7 cm³/mol. The van der Waals surface area contributed by atoms with Crippen molar-refractivity contribution in [1.82, 2.24) is 9.80 Å². The van der Waals surface area contributed by atoms with Crippen molar-refractivity contribution in [3.63, 3.8) is 0 Å². The second-order valence-corrected chi connectivity index (χ2v) is 8.14. The van der Waals surface area contributed by atoms with E-state index in [1.165, 1.54) is 43.4 Å². The van der Waals surface area contributed by atoms with E-state index >= 15 is 0 Å². The largest absolute Gasteiger partial charge is 0.304 e. The molecule has 2 aliphatic rings. The second kappa shape index (κ2) is 6.02. The number of benzene rings is 1. The molecule has 0 N–H and O–H groups in total. The first-order valence-electron chi connectivity index (χ1n) is 8.22. The van der Waals surface area contributed by atoms with Gasteiger partial charge in [0.05, 0.1) is 0 Å². The summed E-state index contributed by atoms with van der Waals surface area (Å²) in [5, 5.41) is 0. The van der Waals surface area contributed by atoms with Crippen LogP contribution >= 0.6 is 15.9 Å². The van der Waals surface area contributed by atoms with Gasteiger partial charge in [0, 0.05) is 29.0 Å². The second-order valence-electron chi connectivity index (χ2n) is 7.22. The Kier molecular flexibility index (Phi) is 4.45. The number of fused-ring (bicyclic) bond motifs is 2. The minimum Gasteiger partial charge on any atom is -0.304 e. The minimum absolute atomic E-state index is 0.487. The molecule has 1 spiro atoms. The van der Waals surface area contributed by atoms with Gasteiger partial charge in [0.15, 0.2) is 0 Å². The Morgan fingerprint density at radius 1 is 1.33 bits per heavy atom. The van der Waals surface area contributed by atoms with Gasteiger partial charge in [0.1, 0.15) is 0 Å². The Labute approximate surface area is 137 Å². The average molecular weight is 351 g/mol. The van der Waals surface area contributed by atoms with E-state index in [1.54, 1.807) is 11.1 Å². The topological polar surface area (TPSA) is 6.48 Å². The Hall–Kier alpha value is -0.380. The van der Waals surface area contributed by atoms with Gasteiger partial charge in [-0.3, -0.25) is 4.90 Å². The maximum Gasteiger partial charge on any atom is 0.0237 e. The molecular weight excluding hydrogens is 324 g/mol. The van der Waals surface area contributed by atoms with E-state index in [0.29, 0.717) is 11.5 Å². The summed E-state index contributed by atoms with van der Waals surface area (Å²) in [6, 6.07) is 7.54. The Bertz CT molecular complexity index is 508. The first-order valence-corrected chi connectivity index (χ1v) is 9.01. The summed E-state index contributed by atoms with van der Waals surface area (Å²) < 4.78 is 1.24. The number of nitrogens with zero attached hydrogens (tertiary/aromatic N) is 2. The predicted octanol–water partition coefficient (Wildman–Crippen LogP) is 4.03. The van der Waals surface area contributed by atoms with Crippen molar-refractivity contribution < 1.29 is 0 Å². The van der Waals surface area contributed by atoms with Crippen LogP contribution in [0.1, 0.15) is 44.2 Å². The van der Waals surface area contributed by atoms with Crippen LogP contribution < -0.4 is 0 Å². The number of halogens is 1. The van der Waals surface area contributed by atoms with Gasteiger partial charge in [-0.05, 0) is 76.5 Å². The monoisotopic (exact) mass is 350 g/mol. The smallest absolute Gasteiger partial charge is 0.0237 e. The van der Waals surface area contributed by atoms with Crippen molar-refractivity contribution in [3.8, 4) is 0 Å². The summed E-state index contributed by atoms with van der Waals surface area (Å²) in [7, 11) is 2.23. The molecule has 0 aromatic heterocycles. The Balaban J connectivity index is 1.62. The molecule has 21 heavy (non-hydrogen) atoms.